The highest BCUT2D eigenvalue weighted by Gasteiger charge is 2.32. The average Bonchev–Trinajstić information content (AvgIpc) is 2.78. The number of amides is 2. The van der Waals surface area contributed by atoms with E-state index in [1.807, 2.05) is 60.7 Å². The fourth-order valence-electron chi connectivity index (χ4n) is 3.63. The first kappa shape index (κ1) is 19.6. The number of hydrogen-bond acceptors (Lipinski definition) is 4. The normalized spacial score (nSPS) is 13.3. The molecule has 3 aromatic rings. The number of imide groups is 1. The second-order valence-electron chi connectivity index (χ2n) is 7.07. The van der Waals surface area contributed by atoms with Crippen molar-refractivity contribution in [1.29, 1.82) is 0 Å². The highest BCUT2D eigenvalue weighted by Crippen LogP contribution is 2.30. The van der Waals surface area contributed by atoms with Gasteiger partial charge in [0.25, 0.3) is 11.8 Å². The maximum absolute atomic E-state index is 12.8. The molecule has 0 spiro atoms. The average molecular weight is 399 g/mol. The van der Waals surface area contributed by atoms with E-state index in [1.54, 1.807) is 18.2 Å². The molecule has 150 valence electrons. The maximum Gasteiger partial charge on any atom is 0.306 e. The second-order valence-corrected chi connectivity index (χ2v) is 7.07. The van der Waals surface area contributed by atoms with Crippen LogP contribution < -0.4 is 0 Å². The van der Waals surface area contributed by atoms with Gasteiger partial charge >= 0.3 is 5.97 Å². The largest absolute Gasteiger partial charge is 0.461 e. The summed E-state index contributed by atoms with van der Waals surface area (Å²) in [6, 6.07) is 20.6. The van der Waals surface area contributed by atoms with Crippen molar-refractivity contribution in [2.45, 2.75) is 12.8 Å². The van der Waals surface area contributed by atoms with Crippen molar-refractivity contribution in [1.82, 2.24) is 4.90 Å². The standard InChI is InChI=1S/C25H21NO4/c27-22(30-17-7-10-18-8-2-1-3-9-18)15-6-16-26-24(28)20-13-4-11-19-12-5-14-21(23(19)20)25(26)29/h1-5,7-14H,6,15-17H2/b10-7+. The molecule has 5 heteroatoms. The van der Waals surface area contributed by atoms with Crippen LogP contribution >= 0.6 is 0 Å². The van der Waals surface area contributed by atoms with Gasteiger partial charge in [-0.05, 0) is 35.6 Å². The highest BCUT2D eigenvalue weighted by molar-refractivity contribution is 6.25. The Morgan fingerprint density at radius 1 is 0.867 bits per heavy atom. The van der Waals surface area contributed by atoms with E-state index in [0.29, 0.717) is 22.9 Å². The summed E-state index contributed by atoms with van der Waals surface area (Å²) in [7, 11) is 0. The lowest BCUT2D eigenvalue weighted by Gasteiger charge is -2.27. The summed E-state index contributed by atoms with van der Waals surface area (Å²) in [5, 5.41) is 1.58. The van der Waals surface area contributed by atoms with Gasteiger partial charge in [0.05, 0.1) is 0 Å². The van der Waals surface area contributed by atoms with Crippen molar-refractivity contribution in [3.8, 4) is 0 Å². The number of esters is 1. The molecule has 0 bridgehead atoms. The summed E-state index contributed by atoms with van der Waals surface area (Å²) in [6.45, 7) is 0.363. The third-order valence-corrected chi connectivity index (χ3v) is 5.07. The Morgan fingerprint density at radius 2 is 1.53 bits per heavy atom. The summed E-state index contributed by atoms with van der Waals surface area (Å²) in [5.41, 5.74) is 2.08. The topological polar surface area (TPSA) is 63.7 Å². The van der Waals surface area contributed by atoms with Gasteiger partial charge in [0.1, 0.15) is 6.61 Å². The van der Waals surface area contributed by atoms with Gasteiger partial charge in [0.15, 0.2) is 0 Å². The minimum absolute atomic E-state index is 0.141. The van der Waals surface area contributed by atoms with E-state index < -0.39 is 0 Å². The lowest BCUT2D eigenvalue weighted by atomic mass is 9.94. The third kappa shape index (κ3) is 4.01. The Bertz CT molecular complexity index is 1080. The minimum Gasteiger partial charge on any atom is -0.461 e. The molecule has 30 heavy (non-hydrogen) atoms. The zero-order valence-electron chi connectivity index (χ0n) is 16.4. The molecule has 0 saturated heterocycles. The van der Waals surface area contributed by atoms with Gasteiger partial charge in [0, 0.05) is 29.5 Å². The molecule has 0 aliphatic carbocycles. The molecule has 0 atom stereocenters. The van der Waals surface area contributed by atoms with E-state index in [9.17, 15) is 14.4 Å². The van der Waals surface area contributed by atoms with E-state index in [2.05, 4.69) is 0 Å². The van der Waals surface area contributed by atoms with Crippen LogP contribution in [0.15, 0.2) is 72.8 Å². The maximum atomic E-state index is 12.8. The summed E-state index contributed by atoms with van der Waals surface area (Å²) < 4.78 is 5.20. The van der Waals surface area contributed by atoms with E-state index in [1.165, 1.54) is 4.90 Å². The summed E-state index contributed by atoms with van der Waals surface area (Å²) >= 11 is 0. The predicted molar refractivity (Wildman–Crippen MR) is 115 cm³/mol. The first-order valence-electron chi connectivity index (χ1n) is 9.90. The Balaban J connectivity index is 1.31. The number of carbonyl (C=O) groups excluding carboxylic acids is 3. The molecule has 0 unspecified atom stereocenters. The summed E-state index contributed by atoms with van der Waals surface area (Å²) in [4.78, 5) is 38.8. The SMILES string of the molecule is O=C(CCCN1C(=O)c2cccc3cccc(c23)C1=O)OC/C=C/c1ccccc1. The summed E-state index contributed by atoms with van der Waals surface area (Å²) in [6.07, 6.45) is 4.16. The Kier molecular flexibility index (Phi) is 5.70. The molecule has 0 N–H and O–H groups in total. The van der Waals surface area contributed by atoms with Crippen LogP contribution in [0.3, 0.4) is 0 Å². The molecule has 1 heterocycles. The van der Waals surface area contributed by atoms with E-state index in [4.69, 9.17) is 4.74 Å². The lowest BCUT2D eigenvalue weighted by Crippen LogP contribution is -2.41. The molecule has 2 amide bonds. The van der Waals surface area contributed by atoms with Gasteiger partial charge in [-0.1, -0.05) is 60.7 Å². The minimum atomic E-state index is -0.355. The smallest absolute Gasteiger partial charge is 0.306 e. The Morgan fingerprint density at radius 3 is 2.20 bits per heavy atom. The van der Waals surface area contributed by atoms with Crippen molar-refractivity contribution < 1.29 is 19.1 Å². The molecule has 4 rings (SSSR count). The number of ether oxygens (including phenoxy) is 1. The van der Waals surface area contributed by atoms with Crippen LogP contribution in [0.4, 0.5) is 0 Å². The predicted octanol–water partition coefficient (Wildman–Crippen LogP) is 4.47. The quantitative estimate of drug-likeness (QED) is 0.434. The van der Waals surface area contributed by atoms with Crippen LogP contribution in [0.2, 0.25) is 0 Å². The fraction of sp³-hybridized carbons (Fsp3) is 0.160. The molecule has 3 aromatic carbocycles. The number of hydrogen-bond donors (Lipinski definition) is 0. The number of rotatable bonds is 7. The zero-order valence-corrected chi connectivity index (χ0v) is 16.4. The molecule has 0 aromatic heterocycles. The van der Waals surface area contributed by atoms with Crippen LogP contribution in [0.25, 0.3) is 16.8 Å². The number of nitrogens with zero attached hydrogens (tertiary/aromatic N) is 1. The van der Waals surface area contributed by atoms with Gasteiger partial charge in [-0.3, -0.25) is 19.3 Å². The molecule has 0 fully saturated rings. The van der Waals surface area contributed by atoms with Crippen molar-refractivity contribution in [2.24, 2.45) is 0 Å². The van der Waals surface area contributed by atoms with E-state index in [-0.39, 0.29) is 37.4 Å². The van der Waals surface area contributed by atoms with Crippen LogP contribution in [-0.2, 0) is 9.53 Å². The summed E-state index contributed by atoms with van der Waals surface area (Å²) in [5.74, 6) is -0.987. The number of benzene rings is 3. The third-order valence-electron chi connectivity index (χ3n) is 5.07. The zero-order chi connectivity index (χ0) is 20.9. The van der Waals surface area contributed by atoms with Crippen LogP contribution in [0.5, 0.6) is 0 Å². The lowest BCUT2D eigenvalue weighted by molar-refractivity contribution is -0.142. The van der Waals surface area contributed by atoms with Crippen molar-refractivity contribution >= 4 is 34.6 Å². The van der Waals surface area contributed by atoms with E-state index in [0.717, 1.165) is 10.9 Å². The van der Waals surface area contributed by atoms with E-state index >= 15 is 0 Å². The highest BCUT2D eigenvalue weighted by atomic mass is 16.5. The second kappa shape index (κ2) is 8.74. The van der Waals surface area contributed by atoms with Crippen molar-refractivity contribution in [3.63, 3.8) is 0 Å². The number of carbonyl (C=O) groups is 3. The van der Waals surface area contributed by atoms with Gasteiger partial charge in [-0.2, -0.15) is 0 Å². The van der Waals surface area contributed by atoms with Crippen LogP contribution in [0, 0.1) is 0 Å². The Hall–Kier alpha value is -3.73. The van der Waals surface area contributed by atoms with Gasteiger partial charge in [-0.15, -0.1) is 0 Å². The molecular formula is C25H21NO4. The molecule has 0 radical (unpaired) electrons. The van der Waals surface area contributed by atoms with Gasteiger partial charge < -0.3 is 4.74 Å². The first-order chi connectivity index (χ1) is 14.6. The van der Waals surface area contributed by atoms with Gasteiger partial charge in [0.2, 0.25) is 0 Å². The van der Waals surface area contributed by atoms with Crippen LogP contribution in [-0.4, -0.2) is 35.8 Å². The molecule has 1 aliphatic rings. The van der Waals surface area contributed by atoms with Gasteiger partial charge in [-0.25, -0.2) is 0 Å². The Labute approximate surface area is 174 Å². The molecule has 0 saturated carbocycles. The molecule has 1 aliphatic heterocycles. The fourth-order valence-corrected chi connectivity index (χ4v) is 3.63. The first-order valence-corrected chi connectivity index (χ1v) is 9.90. The monoisotopic (exact) mass is 399 g/mol. The van der Waals surface area contributed by atoms with Crippen molar-refractivity contribution in [3.05, 3.63) is 89.5 Å². The van der Waals surface area contributed by atoms with Crippen LogP contribution in [0.1, 0.15) is 39.1 Å². The van der Waals surface area contributed by atoms with Crippen molar-refractivity contribution in [2.75, 3.05) is 13.2 Å². The molecular weight excluding hydrogens is 378 g/mol. The molecule has 5 nitrogen and oxygen atoms in total.